The van der Waals surface area contributed by atoms with E-state index >= 15 is 0 Å². The van der Waals surface area contributed by atoms with Crippen LogP contribution < -0.4 is 0 Å². The van der Waals surface area contributed by atoms with E-state index in [-0.39, 0.29) is 6.61 Å². The summed E-state index contributed by atoms with van der Waals surface area (Å²) >= 11 is 4.05. The van der Waals surface area contributed by atoms with Crippen LogP contribution >= 0.6 is 12.8 Å². The Morgan fingerprint density at radius 2 is 2.00 bits per heavy atom. The van der Waals surface area contributed by atoms with Crippen molar-refractivity contribution in [3.63, 3.8) is 0 Å². The number of hydrogen-bond acceptors (Lipinski definition) is 4. The van der Waals surface area contributed by atoms with Crippen molar-refractivity contribution in [1.29, 1.82) is 0 Å². The van der Waals surface area contributed by atoms with E-state index in [0.717, 1.165) is 11.3 Å². The molecule has 0 saturated carbocycles. The summed E-state index contributed by atoms with van der Waals surface area (Å²) in [5, 5.41) is 16.8. The summed E-state index contributed by atoms with van der Waals surface area (Å²) in [7, 11) is 0. The Kier molecular flexibility index (Phi) is 3.03. The lowest BCUT2D eigenvalue weighted by Gasteiger charge is -2.00. The van der Waals surface area contributed by atoms with Gasteiger partial charge in [0.05, 0.1) is 12.3 Å². The smallest absolute Gasteiger partial charge is 0.100 e. The molecule has 1 aromatic heterocycles. The van der Waals surface area contributed by atoms with Crippen molar-refractivity contribution in [1.82, 2.24) is 14.4 Å². The molecule has 1 aromatic carbocycles. The predicted molar refractivity (Wildman–Crippen MR) is 59.6 cm³/mol. The molecule has 78 valence electrons. The summed E-state index contributed by atoms with van der Waals surface area (Å²) in [6.45, 7) is -0.0985. The number of aliphatic hydroxyl groups excluding tert-OH is 1. The lowest BCUT2D eigenvalue weighted by Crippen LogP contribution is -1.97. The van der Waals surface area contributed by atoms with Crippen LogP contribution in [0.5, 0.6) is 0 Å². The van der Waals surface area contributed by atoms with Crippen molar-refractivity contribution in [2.75, 3.05) is 0 Å². The highest BCUT2D eigenvalue weighted by Gasteiger charge is 2.10. The summed E-state index contributed by atoms with van der Waals surface area (Å²) in [4.78, 5) is 0. The van der Waals surface area contributed by atoms with Gasteiger partial charge in [-0.3, -0.25) is 0 Å². The molecule has 0 aliphatic rings. The molecule has 0 aliphatic heterocycles. The topological polar surface area (TPSA) is 50.9 Å². The first-order chi connectivity index (χ1) is 7.31. The number of thiol groups is 1. The third kappa shape index (κ3) is 2.19. The van der Waals surface area contributed by atoms with Gasteiger partial charge in [-0.25, -0.2) is 0 Å². The third-order valence-corrected chi connectivity index (χ3v) is 2.51. The van der Waals surface area contributed by atoms with Crippen LogP contribution in [0, 0.1) is 0 Å². The highest BCUT2D eigenvalue weighted by molar-refractivity contribution is 7.78. The molecule has 2 aromatic rings. The number of benzene rings is 1. The highest BCUT2D eigenvalue weighted by Crippen LogP contribution is 2.12. The van der Waals surface area contributed by atoms with Gasteiger partial charge in [0.1, 0.15) is 5.69 Å². The van der Waals surface area contributed by atoms with Crippen molar-refractivity contribution in [3.8, 4) is 0 Å². The SMILES string of the molecule is OCc1c(Cc2ccccc2)nnn1S. The van der Waals surface area contributed by atoms with E-state index in [1.54, 1.807) is 0 Å². The van der Waals surface area contributed by atoms with E-state index < -0.39 is 0 Å². The van der Waals surface area contributed by atoms with Crippen molar-refractivity contribution >= 4 is 12.8 Å². The molecule has 4 nitrogen and oxygen atoms in total. The molecule has 0 aliphatic carbocycles. The predicted octanol–water partition coefficient (Wildman–Crippen LogP) is 1.05. The van der Waals surface area contributed by atoms with E-state index in [2.05, 4.69) is 23.1 Å². The first-order valence-corrected chi connectivity index (χ1v) is 4.98. The van der Waals surface area contributed by atoms with E-state index in [0.29, 0.717) is 12.1 Å². The second kappa shape index (κ2) is 4.46. The molecule has 1 heterocycles. The Morgan fingerprint density at radius 3 is 2.67 bits per heavy atom. The number of rotatable bonds is 3. The van der Waals surface area contributed by atoms with Gasteiger partial charge < -0.3 is 5.11 Å². The van der Waals surface area contributed by atoms with Crippen LogP contribution in [-0.4, -0.2) is 19.5 Å². The van der Waals surface area contributed by atoms with Gasteiger partial charge in [-0.15, -0.1) is 5.10 Å². The average Bonchev–Trinajstić information content (AvgIpc) is 2.61. The maximum absolute atomic E-state index is 9.12. The fraction of sp³-hybridized carbons (Fsp3) is 0.200. The van der Waals surface area contributed by atoms with Gasteiger partial charge in [0.15, 0.2) is 0 Å². The van der Waals surface area contributed by atoms with Crippen LogP contribution in [0.1, 0.15) is 17.0 Å². The zero-order valence-corrected chi connectivity index (χ0v) is 8.93. The molecule has 15 heavy (non-hydrogen) atoms. The number of aromatic nitrogens is 3. The minimum Gasteiger partial charge on any atom is -0.390 e. The quantitative estimate of drug-likeness (QED) is 0.762. The first-order valence-electron chi connectivity index (χ1n) is 4.58. The maximum Gasteiger partial charge on any atom is 0.100 e. The largest absolute Gasteiger partial charge is 0.390 e. The second-order valence-corrected chi connectivity index (χ2v) is 3.57. The molecule has 0 radical (unpaired) electrons. The molecular formula is C10H11N3OS. The van der Waals surface area contributed by atoms with Crippen LogP contribution in [0.15, 0.2) is 30.3 Å². The Hall–Kier alpha value is -1.33. The Bertz CT molecular complexity index is 441. The molecule has 0 atom stereocenters. The summed E-state index contributed by atoms with van der Waals surface area (Å²) < 4.78 is 1.30. The fourth-order valence-corrected chi connectivity index (χ4v) is 1.62. The van der Waals surface area contributed by atoms with E-state index in [1.165, 1.54) is 4.09 Å². The standard InChI is InChI=1S/C10H11N3OS/c14-7-10-9(11-12-13(10)15)6-8-4-2-1-3-5-8/h1-5,14-15H,6-7H2. The van der Waals surface area contributed by atoms with Crippen LogP contribution in [0.3, 0.4) is 0 Å². The van der Waals surface area contributed by atoms with Gasteiger partial charge in [-0.2, -0.15) is 4.09 Å². The summed E-state index contributed by atoms with van der Waals surface area (Å²) in [6, 6.07) is 9.93. The highest BCUT2D eigenvalue weighted by atomic mass is 32.1. The van der Waals surface area contributed by atoms with Crippen molar-refractivity contribution < 1.29 is 5.11 Å². The zero-order valence-electron chi connectivity index (χ0n) is 8.04. The van der Waals surface area contributed by atoms with E-state index in [4.69, 9.17) is 5.11 Å². The monoisotopic (exact) mass is 221 g/mol. The molecule has 2 rings (SSSR count). The summed E-state index contributed by atoms with van der Waals surface area (Å²) in [5.74, 6) is 0. The Morgan fingerprint density at radius 1 is 1.27 bits per heavy atom. The van der Waals surface area contributed by atoms with Crippen LogP contribution in [-0.2, 0) is 13.0 Å². The van der Waals surface area contributed by atoms with Crippen molar-refractivity contribution in [3.05, 3.63) is 47.3 Å². The summed E-state index contributed by atoms with van der Waals surface area (Å²) in [6.07, 6.45) is 0.664. The average molecular weight is 221 g/mol. The maximum atomic E-state index is 9.12. The Balaban J connectivity index is 2.25. The minimum atomic E-state index is -0.0985. The van der Waals surface area contributed by atoms with Crippen LogP contribution in [0.4, 0.5) is 0 Å². The molecule has 0 fully saturated rings. The molecule has 1 N–H and O–H groups in total. The van der Waals surface area contributed by atoms with Crippen molar-refractivity contribution in [2.45, 2.75) is 13.0 Å². The molecule has 0 saturated heterocycles. The van der Waals surface area contributed by atoms with Gasteiger partial charge in [0.25, 0.3) is 0 Å². The van der Waals surface area contributed by atoms with Crippen LogP contribution in [0.2, 0.25) is 0 Å². The molecule has 0 amide bonds. The molecule has 0 bridgehead atoms. The summed E-state index contributed by atoms with van der Waals surface area (Å²) in [5.41, 5.74) is 2.54. The fourth-order valence-electron chi connectivity index (χ4n) is 1.40. The van der Waals surface area contributed by atoms with Gasteiger partial charge >= 0.3 is 0 Å². The molecule has 5 heteroatoms. The molecule has 0 spiro atoms. The van der Waals surface area contributed by atoms with Crippen LogP contribution in [0.25, 0.3) is 0 Å². The first kappa shape index (κ1) is 10.2. The minimum absolute atomic E-state index is 0.0985. The van der Waals surface area contributed by atoms with Crippen molar-refractivity contribution in [2.24, 2.45) is 0 Å². The van der Waals surface area contributed by atoms with E-state index in [1.807, 2.05) is 30.3 Å². The van der Waals surface area contributed by atoms with Gasteiger partial charge in [0.2, 0.25) is 0 Å². The van der Waals surface area contributed by atoms with E-state index in [9.17, 15) is 0 Å². The number of nitrogens with zero attached hydrogens (tertiary/aromatic N) is 3. The lowest BCUT2D eigenvalue weighted by molar-refractivity contribution is 0.274. The van der Waals surface area contributed by atoms with Gasteiger partial charge in [-0.05, 0) is 18.4 Å². The lowest BCUT2D eigenvalue weighted by atomic mass is 10.1. The molecule has 0 unspecified atom stereocenters. The molecular weight excluding hydrogens is 210 g/mol. The normalized spacial score (nSPS) is 10.5. The zero-order chi connectivity index (χ0) is 10.7. The number of aliphatic hydroxyl groups is 1. The van der Waals surface area contributed by atoms with Gasteiger partial charge in [-0.1, -0.05) is 35.5 Å². The number of hydrogen-bond donors (Lipinski definition) is 2. The Labute approximate surface area is 93.1 Å². The van der Waals surface area contributed by atoms with Gasteiger partial charge in [0, 0.05) is 6.42 Å². The second-order valence-electron chi connectivity index (χ2n) is 3.19. The third-order valence-electron chi connectivity index (χ3n) is 2.19.